The first-order chi connectivity index (χ1) is 12.1. The van der Waals surface area contributed by atoms with Crippen molar-refractivity contribution >= 4 is 11.9 Å². The number of aromatic nitrogens is 1. The fourth-order valence-electron chi connectivity index (χ4n) is 2.71. The highest BCUT2D eigenvalue weighted by atomic mass is 16.5. The molecule has 1 N–H and O–H groups in total. The normalized spacial score (nSPS) is 17.2. The van der Waals surface area contributed by atoms with Crippen molar-refractivity contribution in [3.05, 3.63) is 59.4 Å². The number of benzene rings is 1. The van der Waals surface area contributed by atoms with E-state index in [4.69, 9.17) is 14.6 Å². The molecule has 1 aromatic carbocycles. The number of pyridine rings is 1. The van der Waals surface area contributed by atoms with Gasteiger partial charge in [0.05, 0.1) is 25.8 Å². The lowest BCUT2D eigenvalue weighted by atomic mass is 10.1. The number of carbonyl (C=O) groups is 2. The Labute approximate surface area is 144 Å². The van der Waals surface area contributed by atoms with Gasteiger partial charge in [-0.25, -0.2) is 9.78 Å². The van der Waals surface area contributed by atoms with Gasteiger partial charge in [0.25, 0.3) is 5.91 Å². The van der Waals surface area contributed by atoms with Crippen molar-refractivity contribution in [3.8, 4) is 5.75 Å². The molecule has 7 heteroatoms. The lowest BCUT2D eigenvalue weighted by Gasteiger charge is -2.33. The predicted molar refractivity (Wildman–Crippen MR) is 88.8 cm³/mol. The van der Waals surface area contributed by atoms with Crippen molar-refractivity contribution in [1.82, 2.24) is 9.88 Å². The summed E-state index contributed by atoms with van der Waals surface area (Å²) in [4.78, 5) is 29.0. The molecule has 3 rings (SSSR count). The highest BCUT2D eigenvalue weighted by molar-refractivity contribution is 5.95. The lowest BCUT2D eigenvalue weighted by molar-refractivity contribution is -0.0229. The van der Waals surface area contributed by atoms with E-state index in [1.807, 2.05) is 24.3 Å². The minimum absolute atomic E-state index is 0.0900. The van der Waals surface area contributed by atoms with Crippen LogP contribution < -0.4 is 4.74 Å². The van der Waals surface area contributed by atoms with E-state index in [1.165, 1.54) is 18.3 Å². The van der Waals surface area contributed by atoms with Crippen LogP contribution in [0.15, 0.2) is 42.6 Å². The number of morpholine rings is 1. The van der Waals surface area contributed by atoms with Crippen LogP contribution in [0.25, 0.3) is 0 Å². The highest BCUT2D eigenvalue weighted by Crippen LogP contribution is 2.26. The first kappa shape index (κ1) is 16.9. The van der Waals surface area contributed by atoms with Gasteiger partial charge >= 0.3 is 5.97 Å². The number of carboxylic acids is 1. The number of ether oxygens (including phenoxy) is 2. The molecule has 2 heterocycles. The molecule has 1 aliphatic rings. The van der Waals surface area contributed by atoms with Crippen LogP contribution in [0.5, 0.6) is 5.75 Å². The summed E-state index contributed by atoms with van der Waals surface area (Å²) in [6, 6.07) is 10.4. The van der Waals surface area contributed by atoms with E-state index in [0.717, 1.165) is 11.3 Å². The number of amides is 1. The Balaban J connectivity index is 1.74. The maximum absolute atomic E-state index is 12.6. The van der Waals surface area contributed by atoms with E-state index in [2.05, 4.69) is 4.98 Å². The molecule has 0 spiro atoms. The molecule has 7 nitrogen and oxygen atoms in total. The van der Waals surface area contributed by atoms with Crippen molar-refractivity contribution in [2.75, 3.05) is 26.8 Å². The van der Waals surface area contributed by atoms with Crippen LogP contribution in [-0.2, 0) is 4.74 Å². The summed E-state index contributed by atoms with van der Waals surface area (Å²) in [5.74, 6) is -0.581. The Bertz CT molecular complexity index is 775. The molecule has 2 aromatic rings. The third kappa shape index (κ3) is 3.77. The number of hydrogen-bond acceptors (Lipinski definition) is 5. The Morgan fingerprint density at radius 3 is 2.84 bits per heavy atom. The van der Waals surface area contributed by atoms with Crippen LogP contribution in [0.4, 0.5) is 0 Å². The number of hydrogen-bond donors (Lipinski definition) is 1. The second-order valence-corrected chi connectivity index (χ2v) is 5.62. The van der Waals surface area contributed by atoms with Gasteiger partial charge in [0.1, 0.15) is 17.5 Å². The highest BCUT2D eigenvalue weighted by Gasteiger charge is 2.26. The van der Waals surface area contributed by atoms with Gasteiger partial charge in [-0.1, -0.05) is 12.1 Å². The van der Waals surface area contributed by atoms with Gasteiger partial charge in [-0.05, 0) is 29.8 Å². The molecule has 0 aliphatic carbocycles. The SMILES string of the molecule is COc1cccc(C2CN(C(=O)c3ccc(C(=O)O)nc3)CCO2)c1. The quantitative estimate of drug-likeness (QED) is 0.914. The van der Waals surface area contributed by atoms with Crippen molar-refractivity contribution < 1.29 is 24.2 Å². The maximum Gasteiger partial charge on any atom is 0.354 e. The smallest absolute Gasteiger partial charge is 0.354 e. The van der Waals surface area contributed by atoms with Crippen LogP contribution in [0, 0.1) is 0 Å². The molecule has 1 amide bonds. The molecule has 1 fully saturated rings. The van der Waals surface area contributed by atoms with Gasteiger partial charge in [-0.15, -0.1) is 0 Å². The first-order valence-electron chi connectivity index (χ1n) is 7.82. The standard InChI is InChI=1S/C18H18N2O5/c1-24-14-4-2-3-12(9-14)16-11-20(7-8-25-16)17(21)13-5-6-15(18(22)23)19-10-13/h2-6,9-10,16H,7-8,11H2,1H3,(H,22,23). The molecule has 130 valence electrons. The van der Waals surface area contributed by atoms with E-state index >= 15 is 0 Å². The van der Waals surface area contributed by atoms with Crippen LogP contribution >= 0.6 is 0 Å². The average Bonchev–Trinajstić information content (AvgIpc) is 2.67. The first-order valence-corrected chi connectivity index (χ1v) is 7.82. The van der Waals surface area contributed by atoms with Gasteiger partial charge in [0.15, 0.2) is 0 Å². The summed E-state index contributed by atoms with van der Waals surface area (Å²) < 4.78 is 11.0. The van der Waals surface area contributed by atoms with E-state index in [1.54, 1.807) is 12.0 Å². The molecule has 1 unspecified atom stereocenters. The molecule has 0 bridgehead atoms. The van der Waals surface area contributed by atoms with Crippen LogP contribution in [0.1, 0.15) is 32.5 Å². The summed E-state index contributed by atoms with van der Waals surface area (Å²) >= 11 is 0. The summed E-state index contributed by atoms with van der Waals surface area (Å²) in [5, 5.41) is 8.88. The Morgan fingerprint density at radius 1 is 1.32 bits per heavy atom. The van der Waals surface area contributed by atoms with Crippen LogP contribution in [-0.4, -0.2) is 53.7 Å². The minimum Gasteiger partial charge on any atom is -0.497 e. The summed E-state index contributed by atoms with van der Waals surface area (Å²) in [6.45, 7) is 1.31. The van der Waals surface area contributed by atoms with Crippen molar-refractivity contribution in [3.63, 3.8) is 0 Å². The minimum atomic E-state index is -1.12. The molecule has 1 atom stereocenters. The molecular weight excluding hydrogens is 324 g/mol. The molecule has 0 saturated carbocycles. The summed E-state index contributed by atoms with van der Waals surface area (Å²) in [7, 11) is 1.60. The van der Waals surface area contributed by atoms with E-state index < -0.39 is 5.97 Å². The second-order valence-electron chi connectivity index (χ2n) is 5.62. The van der Waals surface area contributed by atoms with Gasteiger partial charge in [0.2, 0.25) is 0 Å². The van der Waals surface area contributed by atoms with Crippen molar-refractivity contribution in [2.45, 2.75) is 6.10 Å². The number of carbonyl (C=O) groups excluding carboxylic acids is 1. The number of rotatable bonds is 4. The zero-order chi connectivity index (χ0) is 17.8. The van der Waals surface area contributed by atoms with Gasteiger partial charge < -0.3 is 19.5 Å². The fourth-order valence-corrected chi connectivity index (χ4v) is 2.71. The number of carboxylic acid groups (broad SMARTS) is 1. The molecule has 0 radical (unpaired) electrons. The van der Waals surface area contributed by atoms with Gasteiger partial charge in [0, 0.05) is 12.7 Å². The predicted octanol–water partition coefficient (Wildman–Crippen LogP) is 2.00. The Morgan fingerprint density at radius 2 is 2.16 bits per heavy atom. The van der Waals surface area contributed by atoms with Crippen molar-refractivity contribution in [1.29, 1.82) is 0 Å². The third-order valence-electron chi connectivity index (χ3n) is 4.05. The topological polar surface area (TPSA) is 89.0 Å². The van der Waals surface area contributed by atoms with Gasteiger partial charge in [-0.3, -0.25) is 4.79 Å². The monoisotopic (exact) mass is 342 g/mol. The van der Waals surface area contributed by atoms with Crippen molar-refractivity contribution in [2.24, 2.45) is 0 Å². The molecule has 1 saturated heterocycles. The van der Waals surface area contributed by atoms with E-state index in [-0.39, 0.29) is 17.7 Å². The Kier molecular flexibility index (Phi) is 4.95. The largest absolute Gasteiger partial charge is 0.497 e. The molecule has 1 aromatic heterocycles. The molecule has 1 aliphatic heterocycles. The zero-order valence-electron chi connectivity index (χ0n) is 13.7. The average molecular weight is 342 g/mol. The molecular formula is C18H18N2O5. The summed E-state index contributed by atoms with van der Waals surface area (Å²) in [6.07, 6.45) is 1.06. The lowest BCUT2D eigenvalue weighted by Crippen LogP contribution is -2.42. The summed E-state index contributed by atoms with van der Waals surface area (Å²) in [5.41, 5.74) is 1.21. The second kappa shape index (κ2) is 7.31. The maximum atomic E-state index is 12.6. The number of methoxy groups -OCH3 is 1. The van der Waals surface area contributed by atoms with Crippen LogP contribution in [0.3, 0.4) is 0 Å². The Hall–Kier alpha value is -2.93. The van der Waals surface area contributed by atoms with E-state index in [0.29, 0.717) is 25.3 Å². The van der Waals surface area contributed by atoms with Gasteiger partial charge in [-0.2, -0.15) is 0 Å². The number of nitrogens with zero attached hydrogens (tertiary/aromatic N) is 2. The number of aromatic carboxylic acids is 1. The van der Waals surface area contributed by atoms with E-state index in [9.17, 15) is 9.59 Å². The zero-order valence-corrected chi connectivity index (χ0v) is 13.7. The van der Waals surface area contributed by atoms with Crippen LogP contribution in [0.2, 0.25) is 0 Å². The fraction of sp³-hybridized carbons (Fsp3) is 0.278. The molecule has 25 heavy (non-hydrogen) atoms. The third-order valence-corrected chi connectivity index (χ3v) is 4.05.